The number of benzene rings is 1. The maximum absolute atomic E-state index is 4.32. The first kappa shape index (κ1) is 14.1. The van der Waals surface area contributed by atoms with Gasteiger partial charge in [-0.25, -0.2) is 0 Å². The van der Waals surface area contributed by atoms with Gasteiger partial charge >= 0.3 is 0 Å². The normalized spacial score (nSPS) is 13.5. The third kappa shape index (κ3) is 3.61. The second-order valence-corrected chi connectivity index (χ2v) is 5.70. The van der Waals surface area contributed by atoms with Gasteiger partial charge < -0.3 is 10.2 Å². The van der Waals surface area contributed by atoms with Crippen LogP contribution in [0.3, 0.4) is 0 Å². The fourth-order valence-corrected chi connectivity index (χ4v) is 2.87. The van der Waals surface area contributed by atoms with E-state index in [2.05, 4.69) is 51.6 Å². The number of fused-ring (bicyclic) bond motifs is 1. The van der Waals surface area contributed by atoms with Gasteiger partial charge in [-0.15, -0.1) is 0 Å². The summed E-state index contributed by atoms with van der Waals surface area (Å²) in [7, 11) is 0. The third-order valence-electron chi connectivity index (χ3n) is 4.07. The number of nitrogens with zero attached hydrogens (tertiary/aromatic N) is 2. The molecule has 3 heteroatoms. The Balaban J connectivity index is 1.38. The van der Waals surface area contributed by atoms with Crippen LogP contribution >= 0.6 is 0 Å². The molecule has 1 aromatic heterocycles. The van der Waals surface area contributed by atoms with Crippen LogP contribution in [0.25, 0.3) is 0 Å². The van der Waals surface area contributed by atoms with E-state index < -0.39 is 0 Å². The van der Waals surface area contributed by atoms with Crippen LogP contribution in [0, 0.1) is 6.92 Å². The van der Waals surface area contributed by atoms with E-state index in [9.17, 15) is 0 Å². The van der Waals surface area contributed by atoms with E-state index in [0.29, 0.717) is 0 Å². The van der Waals surface area contributed by atoms with Crippen molar-refractivity contribution in [1.29, 1.82) is 0 Å². The molecule has 0 radical (unpaired) electrons. The van der Waals surface area contributed by atoms with Crippen LogP contribution in [0.15, 0.2) is 42.6 Å². The molecule has 21 heavy (non-hydrogen) atoms. The van der Waals surface area contributed by atoms with E-state index in [0.717, 1.165) is 25.3 Å². The fourth-order valence-electron chi connectivity index (χ4n) is 2.87. The number of hydrogen-bond donors (Lipinski definition) is 1. The maximum atomic E-state index is 4.32. The van der Waals surface area contributed by atoms with Crippen LogP contribution in [0.5, 0.6) is 0 Å². The van der Waals surface area contributed by atoms with Crippen molar-refractivity contribution in [2.45, 2.75) is 26.3 Å². The van der Waals surface area contributed by atoms with Gasteiger partial charge in [0.1, 0.15) is 0 Å². The van der Waals surface area contributed by atoms with Crippen LogP contribution in [-0.4, -0.2) is 24.6 Å². The fraction of sp³-hybridized carbons (Fsp3) is 0.389. The van der Waals surface area contributed by atoms with Gasteiger partial charge in [-0.2, -0.15) is 0 Å². The molecule has 1 aromatic carbocycles. The zero-order chi connectivity index (χ0) is 14.5. The average Bonchev–Trinajstić information content (AvgIpc) is 2.92. The smallest absolute Gasteiger partial charge is 0.0399 e. The minimum Gasteiger partial charge on any atom is -0.371 e. The molecule has 0 atom stereocenters. The molecule has 0 fully saturated rings. The lowest BCUT2D eigenvalue weighted by molar-refractivity contribution is 0.637. The van der Waals surface area contributed by atoms with Crippen molar-refractivity contribution in [3.63, 3.8) is 0 Å². The molecule has 0 aliphatic carbocycles. The van der Waals surface area contributed by atoms with Gasteiger partial charge in [0.05, 0.1) is 0 Å². The summed E-state index contributed by atoms with van der Waals surface area (Å²) in [5.74, 6) is 0. The SMILES string of the molecule is Cc1ccc(CNCCCN2CCc3ccccc32)cn1. The highest BCUT2D eigenvalue weighted by Gasteiger charge is 2.16. The highest BCUT2D eigenvalue weighted by molar-refractivity contribution is 5.57. The van der Waals surface area contributed by atoms with Crippen LogP contribution in [0.2, 0.25) is 0 Å². The summed E-state index contributed by atoms with van der Waals surface area (Å²) in [6.07, 6.45) is 4.32. The molecule has 2 aromatic rings. The number of pyridine rings is 1. The molecule has 110 valence electrons. The number of anilines is 1. The molecule has 0 amide bonds. The summed E-state index contributed by atoms with van der Waals surface area (Å²) in [5.41, 5.74) is 5.26. The Labute approximate surface area is 127 Å². The number of rotatable bonds is 6. The zero-order valence-electron chi connectivity index (χ0n) is 12.7. The van der Waals surface area contributed by atoms with Crippen LogP contribution in [0.4, 0.5) is 5.69 Å². The summed E-state index contributed by atoms with van der Waals surface area (Å²) >= 11 is 0. The Morgan fingerprint density at radius 2 is 2.10 bits per heavy atom. The van der Waals surface area contributed by atoms with E-state index in [1.54, 1.807) is 0 Å². The van der Waals surface area contributed by atoms with Crippen molar-refractivity contribution >= 4 is 5.69 Å². The highest BCUT2D eigenvalue weighted by atomic mass is 15.1. The molecule has 1 aliphatic heterocycles. The maximum Gasteiger partial charge on any atom is 0.0399 e. The monoisotopic (exact) mass is 281 g/mol. The molecule has 3 rings (SSSR count). The van der Waals surface area contributed by atoms with Crippen molar-refractivity contribution in [2.24, 2.45) is 0 Å². The van der Waals surface area contributed by atoms with Crippen molar-refractivity contribution in [2.75, 3.05) is 24.5 Å². The Morgan fingerprint density at radius 1 is 1.19 bits per heavy atom. The van der Waals surface area contributed by atoms with Crippen molar-refractivity contribution in [3.8, 4) is 0 Å². The van der Waals surface area contributed by atoms with Crippen molar-refractivity contribution in [1.82, 2.24) is 10.3 Å². The minimum atomic E-state index is 0.907. The molecule has 1 N–H and O–H groups in total. The van der Waals surface area contributed by atoms with E-state index in [1.807, 2.05) is 13.1 Å². The van der Waals surface area contributed by atoms with Gasteiger partial charge in [0, 0.05) is 37.2 Å². The molecule has 0 bridgehead atoms. The summed E-state index contributed by atoms with van der Waals surface area (Å²) in [6, 6.07) is 13.0. The third-order valence-corrected chi connectivity index (χ3v) is 4.07. The lowest BCUT2D eigenvalue weighted by Crippen LogP contribution is -2.25. The number of para-hydroxylation sites is 1. The van der Waals surface area contributed by atoms with E-state index >= 15 is 0 Å². The first-order chi connectivity index (χ1) is 10.3. The van der Waals surface area contributed by atoms with Crippen LogP contribution in [0.1, 0.15) is 23.2 Å². The second kappa shape index (κ2) is 6.72. The van der Waals surface area contributed by atoms with Crippen molar-refractivity contribution < 1.29 is 0 Å². The van der Waals surface area contributed by atoms with Crippen molar-refractivity contribution in [3.05, 3.63) is 59.4 Å². The van der Waals surface area contributed by atoms with Gasteiger partial charge in [-0.1, -0.05) is 24.3 Å². The molecule has 1 aliphatic rings. The van der Waals surface area contributed by atoms with Gasteiger partial charge in [0.15, 0.2) is 0 Å². The molecular formula is C18H23N3. The van der Waals surface area contributed by atoms with Gasteiger partial charge in [0.2, 0.25) is 0 Å². The standard InChI is InChI=1S/C18H23N3/c1-15-7-8-16(14-20-15)13-19-10-4-11-21-12-9-17-5-2-3-6-18(17)21/h2-3,5-8,14,19H,4,9-13H2,1H3. The topological polar surface area (TPSA) is 28.2 Å². The predicted octanol–water partition coefficient (Wildman–Crippen LogP) is 2.93. The van der Waals surface area contributed by atoms with Gasteiger partial charge in [-0.3, -0.25) is 4.98 Å². The Hall–Kier alpha value is -1.87. The molecule has 2 heterocycles. The Kier molecular flexibility index (Phi) is 4.51. The van der Waals surface area contributed by atoms with Gasteiger partial charge in [-0.05, 0) is 49.6 Å². The van der Waals surface area contributed by atoms with Crippen LogP contribution < -0.4 is 10.2 Å². The zero-order valence-corrected chi connectivity index (χ0v) is 12.7. The first-order valence-electron chi connectivity index (χ1n) is 7.78. The lowest BCUT2D eigenvalue weighted by atomic mass is 10.2. The number of aromatic nitrogens is 1. The van der Waals surface area contributed by atoms with E-state index in [4.69, 9.17) is 0 Å². The van der Waals surface area contributed by atoms with Crippen LogP contribution in [-0.2, 0) is 13.0 Å². The second-order valence-electron chi connectivity index (χ2n) is 5.70. The summed E-state index contributed by atoms with van der Waals surface area (Å²) in [5, 5.41) is 3.50. The summed E-state index contributed by atoms with van der Waals surface area (Å²) < 4.78 is 0. The predicted molar refractivity (Wildman–Crippen MR) is 87.7 cm³/mol. The van der Waals surface area contributed by atoms with E-state index in [-0.39, 0.29) is 0 Å². The number of aryl methyl sites for hydroxylation is 1. The minimum absolute atomic E-state index is 0.907. The summed E-state index contributed by atoms with van der Waals surface area (Å²) in [6.45, 7) is 6.28. The number of hydrogen-bond acceptors (Lipinski definition) is 3. The quantitative estimate of drug-likeness (QED) is 0.825. The first-order valence-corrected chi connectivity index (χ1v) is 7.78. The lowest BCUT2D eigenvalue weighted by Gasteiger charge is -2.19. The molecule has 0 unspecified atom stereocenters. The largest absolute Gasteiger partial charge is 0.371 e. The van der Waals surface area contributed by atoms with E-state index in [1.165, 1.54) is 36.2 Å². The molecule has 0 saturated carbocycles. The number of nitrogens with one attached hydrogen (secondary N) is 1. The van der Waals surface area contributed by atoms with Gasteiger partial charge in [0.25, 0.3) is 0 Å². The Bertz CT molecular complexity index is 577. The molecule has 0 saturated heterocycles. The Morgan fingerprint density at radius 3 is 2.95 bits per heavy atom. The molecule has 0 spiro atoms. The molecular weight excluding hydrogens is 258 g/mol. The highest BCUT2D eigenvalue weighted by Crippen LogP contribution is 2.27. The molecule has 3 nitrogen and oxygen atoms in total. The average molecular weight is 281 g/mol. The summed E-state index contributed by atoms with van der Waals surface area (Å²) in [4.78, 5) is 6.82.